The minimum Gasteiger partial charge on any atom is -0.481 e. The monoisotopic (exact) mass is 236 g/mol. The second kappa shape index (κ2) is 5.34. The van der Waals surface area contributed by atoms with Gasteiger partial charge in [0.05, 0.1) is 0 Å². The van der Waals surface area contributed by atoms with Crippen LogP contribution >= 0.6 is 0 Å². The molecular weight excluding hydrogens is 220 g/mol. The van der Waals surface area contributed by atoms with E-state index in [0.717, 1.165) is 16.7 Å². The summed E-state index contributed by atoms with van der Waals surface area (Å²) in [6, 6.07) is 3.72. The number of oxime groups is 1. The molecule has 1 aromatic rings. The molecule has 0 atom stereocenters. The fraction of sp³-hybridized carbons (Fsp3) is 0.333. The number of amidine groups is 1. The molecule has 0 radical (unpaired) electrons. The van der Waals surface area contributed by atoms with Crippen molar-refractivity contribution in [2.75, 3.05) is 0 Å². The minimum absolute atomic E-state index is 0.0529. The van der Waals surface area contributed by atoms with E-state index in [1.54, 1.807) is 0 Å². The van der Waals surface area contributed by atoms with Crippen molar-refractivity contribution in [1.82, 2.24) is 0 Å². The normalized spacial score (nSPS) is 11.5. The number of carbonyl (C=O) groups is 1. The number of aliphatic carboxylic acids is 1. The molecule has 0 fully saturated rings. The summed E-state index contributed by atoms with van der Waals surface area (Å²) in [7, 11) is 0. The van der Waals surface area contributed by atoms with Crippen LogP contribution in [0, 0.1) is 13.8 Å². The van der Waals surface area contributed by atoms with Crippen LogP contribution in [0.1, 0.15) is 28.7 Å². The highest BCUT2D eigenvalue weighted by Gasteiger charge is 2.12. The van der Waals surface area contributed by atoms with Gasteiger partial charge in [-0.15, -0.1) is 0 Å². The molecule has 5 nitrogen and oxygen atoms in total. The first-order valence-electron chi connectivity index (χ1n) is 5.26. The Kier molecular flexibility index (Phi) is 4.09. The van der Waals surface area contributed by atoms with Gasteiger partial charge in [0, 0.05) is 12.0 Å². The third kappa shape index (κ3) is 2.96. The van der Waals surface area contributed by atoms with Crippen molar-refractivity contribution in [2.45, 2.75) is 26.7 Å². The summed E-state index contributed by atoms with van der Waals surface area (Å²) in [6.07, 6.45) is 0.507. The van der Waals surface area contributed by atoms with Gasteiger partial charge in [0.25, 0.3) is 0 Å². The summed E-state index contributed by atoms with van der Waals surface area (Å²) in [4.78, 5) is 10.5. The molecule has 5 heteroatoms. The summed E-state index contributed by atoms with van der Waals surface area (Å²) in [5.41, 5.74) is 8.95. The number of carboxylic acid groups (broad SMARTS) is 1. The maximum Gasteiger partial charge on any atom is 0.303 e. The van der Waals surface area contributed by atoms with E-state index in [1.165, 1.54) is 0 Å². The largest absolute Gasteiger partial charge is 0.481 e. The van der Waals surface area contributed by atoms with Crippen molar-refractivity contribution in [3.8, 4) is 0 Å². The van der Waals surface area contributed by atoms with Crippen molar-refractivity contribution in [2.24, 2.45) is 10.9 Å². The van der Waals surface area contributed by atoms with E-state index in [2.05, 4.69) is 5.16 Å². The lowest BCUT2D eigenvalue weighted by Gasteiger charge is -2.12. The molecule has 1 aromatic carbocycles. The number of nitrogens with two attached hydrogens (primary N) is 1. The predicted octanol–water partition coefficient (Wildman–Crippen LogP) is 1.42. The Balaban J connectivity index is 3.14. The van der Waals surface area contributed by atoms with Crippen molar-refractivity contribution >= 4 is 11.8 Å². The number of aryl methyl sites for hydroxylation is 2. The van der Waals surface area contributed by atoms with Crippen LogP contribution in [-0.4, -0.2) is 22.1 Å². The fourth-order valence-electron chi connectivity index (χ4n) is 1.85. The zero-order valence-electron chi connectivity index (χ0n) is 9.90. The van der Waals surface area contributed by atoms with E-state index in [0.29, 0.717) is 12.0 Å². The predicted molar refractivity (Wildman–Crippen MR) is 64.4 cm³/mol. The van der Waals surface area contributed by atoms with Gasteiger partial charge in [-0.3, -0.25) is 4.79 Å². The molecule has 0 aliphatic carbocycles. The molecule has 0 unspecified atom stereocenters. The first kappa shape index (κ1) is 13.0. The van der Waals surface area contributed by atoms with Crippen LogP contribution in [-0.2, 0) is 11.2 Å². The molecule has 0 bridgehead atoms. The van der Waals surface area contributed by atoms with Gasteiger partial charge in [0.1, 0.15) is 0 Å². The highest BCUT2D eigenvalue weighted by molar-refractivity contribution is 6.00. The smallest absolute Gasteiger partial charge is 0.303 e. The number of rotatable bonds is 4. The van der Waals surface area contributed by atoms with Crippen LogP contribution in [0.3, 0.4) is 0 Å². The van der Waals surface area contributed by atoms with E-state index in [9.17, 15) is 4.79 Å². The van der Waals surface area contributed by atoms with Crippen molar-refractivity contribution in [3.63, 3.8) is 0 Å². The number of carboxylic acids is 1. The molecule has 1 rings (SSSR count). The lowest BCUT2D eigenvalue weighted by molar-refractivity contribution is -0.136. The van der Waals surface area contributed by atoms with Crippen molar-refractivity contribution in [3.05, 3.63) is 34.4 Å². The van der Waals surface area contributed by atoms with Crippen LogP contribution in [0.25, 0.3) is 0 Å². The SMILES string of the molecule is Cc1ccc(CCC(=O)O)c(C)c1/C(N)=N/O. The van der Waals surface area contributed by atoms with Crippen molar-refractivity contribution in [1.29, 1.82) is 0 Å². The number of benzene rings is 1. The highest BCUT2D eigenvalue weighted by Crippen LogP contribution is 2.19. The summed E-state index contributed by atoms with van der Waals surface area (Å²) in [5, 5.41) is 20.4. The third-order valence-electron chi connectivity index (χ3n) is 2.76. The maximum atomic E-state index is 10.5. The summed E-state index contributed by atoms with van der Waals surface area (Å²) in [5.74, 6) is -0.785. The Morgan fingerprint density at radius 2 is 2.06 bits per heavy atom. The maximum absolute atomic E-state index is 10.5. The van der Waals surface area contributed by atoms with Crippen molar-refractivity contribution < 1.29 is 15.1 Å². The Bertz CT molecular complexity index is 467. The number of nitrogens with zero attached hydrogens (tertiary/aromatic N) is 1. The molecule has 0 saturated carbocycles. The molecule has 0 heterocycles. The second-order valence-electron chi connectivity index (χ2n) is 3.92. The highest BCUT2D eigenvalue weighted by atomic mass is 16.4. The first-order valence-corrected chi connectivity index (χ1v) is 5.26. The van der Waals surface area contributed by atoms with Gasteiger partial charge in [-0.05, 0) is 37.0 Å². The molecule has 0 aliphatic rings. The van der Waals surface area contributed by atoms with E-state index in [1.807, 2.05) is 26.0 Å². The number of hydrogen-bond donors (Lipinski definition) is 3. The Labute approximate surface area is 99.6 Å². The van der Waals surface area contributed by atoms with Crippen LogP contribution in [0.5, 0.6) is 0 Å². The first-order chi connectivity index (χ1) is 7.97. The molecule has 92 valence electrons. The number of hydrogen-bond acceptors (Lipinski definition) is 3. The zero-order valence-corrected chi connectivity index (χ0v) is 9.90. The average Bonchev–Trinajstić information content (AvgIpc) is 2.27. The van der Waals surface area contributed by atoms with Gasteiger partial charge < -0.3 is 16.0 Å². The average molecular weight is 236 g/mol. The Morgan fingerprint density at radius 3 is 2.59 bits per heavy atom. The summed E-state index contributed by atoms with van der Waals surface area (Å²) < 4.78 is 0. The van der Waals surface area contributed by atoms with Gasteiger partial charge in [-0.1, -0.05) is 17.3 Å². The lowest BCUT2D eigenvalue weighted by atomic mass is 9.94. The molecule has 4 N–H and O–H groups in total. The van der Waals surface area contributed by atoms with Crippen LogP contribution in [0.2, 0.25) is 0 Å². The van der Waals surface area contributed by atoms with Gasteiger partial charge in [0.15, 0.2) is 5.84 Å². The van der Waals surface area contributed by atoms with Gasteiger partial charge in [-0.2, -0.15) is 0 Å². The molecule has 0 aromatic heterocycles. The Hall–Kier alpha value is -2.04. The topological polar surface area (TPSA) is 95.9 Å². The molecule has 0 amide bonds. The zero-order chi connectivity index (χ0) is 13.0. The standard InChI is InChI=1S/C12H16N2O3/c1-7-3-4-9(5-6-10(15)16)8(2)11(7)12(13)14-17/h3-4,17H,5-6H2,1-2H3,(H2,13,14)(H,15,16). The Morgan fingerprint density at radius 1 is 1.41 bits per heavy atom. The molecule has 0 spiro atoms. The molecule has 0 aliphatic heterocycles. The van der Waals surface area contributed by atoms with Crippen LogP contribution in [0.4, 0.5) is 0 Å². The molecule has 17 heavy (non-hydrogen) atoms. The lowest BCUT2D eigenvalue weighted by Crippen LogP contribution is -2.17. The fourth-order valence-corrected chi connectivity index (χ4v) is 1.85. The van der Waals surface area contributed by atoms with Crippen LogP contribution in [0.15, 0.2) is 17.3 Å². The van der Waals surface area contributed by atoms with E-state index in [-0.39, 0.29) is 12.3 Å². The van der Waals surface area contributed by atoms with Gasteiger partial charge >= 0.3 is 5.97 Å². The summed E-state index contributed by atoms with van der Waals surface area (Å²) >= 11 is 0. The van der Waals surface area contributed by atoms with E-state index < -0.39 is 5.97 Å². The third-order valence-corrected chi connectivity index (χ3v) is 2.76. The van der Waals surface area contributed by atoms with Gasteiger partial charge in [0.2, 0.25) is 0 Å². The quantitative estimate of drug-likeness (QED) is 0.319. The van der Waals surface area contributed by atoms with E-state index in [4.69, 9.17) is 16.0 Å². The minimum atomic E-state index is -0.838. The van der Waals surface area contributed by atoms with E-state index >= 15 is 0 Å². The molecule has 0 saturated heterocycles. The van der Waals surface area contributed by atoms with Crippen LogP contribution < -0.4 is 5.73 Å². The second-order valence-corrected chi connectivity index (χ2v) is 3.92. The summed E-state index contributed by atoms with van der Waals surface area (Å²) in [6.45, 7) is 3.71. The van der Waals surface area contributed by atoms with Gasteiger partial charge in [-0.25, -0.2) is 0 Å². The molecular formula is C12H16N2O3.